The molecule has 9 heteroatoms. The lowest BCUT2D eigenvalue weighted by atomic mass is 10.2. The Hall–Kier alpha value is -2.13. The molecule has 0 unspecified atom stereocenters. The molecule has 7 nitrogen and oxygen atoms in total. The molecular weight excluding hydrogens is 444 g/mol. The highest BCUT2D eigenvalue weighted by atomic mass is 35.5. The van der Waals surface area contributed by atoms with E-state index in [1.807, 2.05) is 6.07 Å². The topological polar surface area (TPSA) is 97.9 Å². The molecule has 32 heavy (non-hydrogen) atoms. The lowest BCUT2D eigenvalue weighted by Crippen LogP contribution is -2.25. The summed E-state index contributed by atoms with van der Waals surface area (Å²) in [6.45, 7) is 6.29. The maximum Gasteiger partial charge on any atom is 0.271 e. The summed E-state index contributed by atoms with van der Waals surface area (Å²) in [6, 6.07) is 8.42. The molecule has 3 aromatic rings. The van der Waals surface area contributed by atoms with Crippen molar-refractivity contribution in [1.82, 2.24) is 19.3 Å². The van der Waals surface area contributed by atoms with E-state index in [2.05, 4.69) is 53.7 Å². The number of pyridine rings is 1. The van der Waals surface area contributed by atoms with Crippen LogP contribution >= 0.6 is 23.5 Å². The van der Waals surface area contributed by atoms with Gasteiger partial charge in [0, 0.05) is 34.2 Å². The molecule has 172 valence electrons. The Morgan fingerprint density at radius 1 is 1.22 bits per heavy atom. The largest absolute Gasteiger partial charge is 0.333 e. The molecule has 0 saturated heterocycles. The Labute approximate surface area is 198 Å². The molecule has 2 aromatic heterocycles. The average molecular weight is 475 g/mol. The van der Waals surface area contributed by atoms with Crippen molar-refractivity contribution in [2.75, 3.05) is 12.4 Å². The van der Waals surface area contributed by atoms with Crippen LogP contribution in [0.5, 0.6) is 0 Å². The van der Waals surface area contributed by atoms with Gasteiger partial charge in [0.15, 0.2) is 0 Å². The van der Waals surface area contributed by atoms with Crippen LogP contribution in [0.25, 0.3) is 11.0 Å². The van der Waals surface area contributed by atoms with Crippen molar-refractivity contribution in [3.8, 4) is 0 Å². The molecule has 2 heterocycles. The summed E-state index contributed by atoms with van der Waals surface area (Å²) >= 11 is 7.83. The third kappa shape index (κ3) is 5.61. The van der Waals surface area contributed by atoms with Crippen LogP contribution < -0.4 is 21.3 Å². The number of aryl methyl sites for hydroxylation is 1. The minimum atomic E-state index is -0.170. The Balaban J connectivity index is 0.00000141. The first-order valence-electron chi connectivity index (χ1n) is 10.9. The predicted octanol–water partition coefficient (Wildman–Crippen LogP) is 5.19. The molecule has 0 spiro atoms. The van der Waals surface area contributed by atoms with Crippen LogP contribution in [0.2, 0.25) is 5.02 Å². The smallest absolute Gasteiger partial charge is 0.271 e. The van der Waals surface area contributed by atoms with E-state index in [1.165, 1.54) is 7.05 Å². The van der Waals surface area contributed by atoms with Gasteiger partial charge in [0.2, 0.25) is 5.95 Å². The van der Waals surface area contributed by atoms with E-state index >= 15 is 0 Å². The fourth-order valence-electron chi connectivity index (χ4n) is 3.79. The van der Waals surface area contributed by atoms with Gasteiger partial charge in [-0.05, 0) is 82.4 Å². The monoisotopic (exact) mass is 474 g/mol. The van der Waals surface area contributed by atoms with Crippen LogP contribution in [0.3, 0.4) is 0 Å². The molecule has 0 radical (unpaired) electrons. The van der Waals surface area contributed by atoms with Gasteiger partial charge in [-0.3, -0.25) is 14.1 Å². The number of nitrogens with one attached hydrogen (secondary N) is 2. The van der Waals surface area contributed by atoms with Gasteiger partial charge in [-0.15, -0.1) is 0 Å². The first kappa shape index (κ1) is 24.5. The third-order valence-corrected chi connectivity index (χ3v) is 6.63. The molecule has 0 atom stereocenters. The summed E-state index contributed by atoms with van der Waals surface area (Å²) in [5.41, 5.74) is 7.00. The van der Waals surface area contributed by atoms with Crippen LogP contribution in [-0.2, 0) is 0 Å². The van der Waals surface area contributed by atoms with Crippen molar-refractivity contribution < 1.29 is 0 Å². The molecule has 1 aliphatic carbocycles. The van der Waals surface area contributed by atoms with E-state index < -0.39 is 0 Å². The standard InChI is InChI=1S/C22H26ClN5OS.CH5N/c1-13(2)27-30-17-8-9-19(14(3)10-17)25-22-24-12-15-11-18(23)21(29)28(20(15)26-22)16-6-4-5-7-16;1-2/h8-13,16,27H,4-7H2,1-3H3,(H,24,25,26);2H2,1H3. The summed E-state index contributed by atoms with van der Waals surface area (Å²) in [4.78, 5) is 23.1. The molecule has 1 saturated carbocycles. The number of fused-ring (bicyclic) bond motifs is 1. The number of aromatic nitrogens is 3. The number of nitrogens with zero attached hydrogens (tertiary/aromatic N) is 3. The number of hydrogen-bond acceptors (Lipinski definition) is 7. The van der Waals surface area contributed by atoms with Gasteiger partial charge in [0.1, 0.15) is 10.7 Å². The van der Waals surface area contributed by atoms with E-state index in [0.717, 1.165) is 47.2 Å². The minimum Gasteiger partial charge on any atom is -0.333 e. The molecule has 0 bridgehead atoms. The molecule has 0 aliphatic heterocycles. The van der Waals surface area contributed by atoms with Gasteiger partial charge in [0.25, 0.3) is 5.56 Å². The number of hydrogen-bond donors (Lipinski definition) is 3. The lowest BCUT2D eigenvalue weighted by molar-refractivity contribution is 0.516. The van der Waals surface area contributed by atoms with Gasteiger partial charge in [-0.25, -0.2) is 4.98 Å². The quantitative estimate of drug-likeness (QED) is 0.423. The highest BCUT2D eigenvalue weighted by Gasteiger charge is 2.22. The number of benzene rings is 1. The highest BCUT2D eigenvalue weighted by molar-refractivity contribution is 7.97. The zero-order valence-corrected chi connectivity index (χ0v) is 20.6. The van der Waals surface area contributed by atoms with Crippen LogP contribution in [0.4, 0.5) is 11.6 Å². The van der Waals surface area contributed by atoms with Crippen LogP contribution in [0, 0.1) is 6.92 Å². The molecule has 4 N–H and O–H groups in total. The maximum absolute atomic E-state index is 12.8. The van der Waals surface area contributed by atoms with Crippen molar-refractivity contribution >= 4 is 46.2 Å². The lowest BCUT2D eigenvalue weighted by Gasteiger charge is -2.17. The van der Waals surface area contributed by atoms with E-state index in [-0.39, 0.29) is 16.6 Å². The van der Waals surface area contributed by atoms with Gasteiger partial charge in [-0.2, -0.15) is 4.98 Å². The van der Waals surface area contributed by atoms with Gasteiger partial charge >= 0.3 is 0 Å². The molecule has 0 amide bonds. The molecule has 4 rings (SSSR count). The Kier molecular flexibility index (Phi) is 8.53. The predicted molar refractivity (Wildman–Crippen MR) is 135 cm³/mol. The van der Waals surface area contributed by atoms with Crippen molar-refractivity contribution in [2.45, 2.75) is 63.4 Å². The zero-order chi connectivity index (χ0) is 23.3. The summed E-state index contributed by atoms with van der Waals surface area (Å²) in [7, 11) is 1.50. The van der Waals surface area contributed by atoms with E-state index in [0.29, 0.717) is 17.6 Å². The second kappa shape index (κ2) is 11.1. The SMILES string of the molecule is CN.Cc1cc(SNC(C)C)ccc1Nc1ncc2cc(Cl)c(=O)n(C3CCCC3)c2n1. The van der Waals surface area contributed by atoms with E-state index in [1.54, 1.807) is 28.8 Å². The fraction of sp³-hybridized carbons (Fsp3) is 0.435. The number of halogens is 1. The maximum atomic E-state index is 12.8. The summed E-state index contributed by atoms with van der Waals surface area (Å²) in [6.07, 6.45) is 5.93. The minimum absolute atomic E-state index is 0.146. The van der Waals surface area contributed by atoms with Gasteiger partial charge in [0.05, 0.1) is 0 Å². The van der Waals surface area contributed by atoms with Crippen molar-refractivity contribution in [3.05, 3.63) is 51.4 Å². The normalized spacial score (nSPS) is 14.0. The second-order valence-electron chi connectivity index (χ2n) is 8.05. The molecule has 1 aliphatic rings. The number of nitrogens with two attached hydrogens (primary N) is 1. The van der Waals surface area contributed by atoms with Crippen LogP contribution in [0.15, 0.2) is 40.2 Å². The average Bonchev–Trinajstić information content (AvgIpc) is 3.31. The van der Waals surface area contributed by atoms with E-state index in [9.17, 15) is 4.79 Å². The van der Waals surface area contributed by atoms with Crippen molar-refractivity contribution in [2.24, 2.45) is 5.73 Å². The van der Waals surface area contributed by atoms with Crippen molar-refractivity contribution in [3.63, 3.8) is 0 Å². The molecule has 1 aromatic carbocycles. The molecular formula is C23H31ClN6OS. The summed E-state index contributed by atoms with van der Waals surface area (Å²) in [5.74, 6) is 0.472. The van der Waals surface area contributed by atoms with E-state index in [4.69, 9.17) is 16.6 Å². The zero-order valence-electron chi connectivity index (χ0n) is 19.0. The Morgan fingerprint density at radius 3 is 2.59 bits per heavy atom. The Morgan fingerprint density at radius 2 is 1.94 bits per heavy atom. The number of rotatable bonds is 6. The third-order valence-electron chi connectivity index (χ3n) is 5.28. The van der Waals surface area contributed by atoms with Crippen LogP contribution in [0.1, 0.15) is 51.1 Å². The number of anilines is 2. The van der Waals surface area contributed by atoms with Crippen LogP contribution in [-0.4, -0.2) is 27.6 Å². The fourth-order valence-corrected chi connectivity index (χ4v) is 4.75. The first-order valence-corrected chi connectivity index (χ1v) is 12.1. The highest BCUT2D eigenvalue weighted by Crippen LogP contribution is 2.31. The van der Waals surface area contributed by atoms with Gasteiger partial charge in [-0.1, -0.05) is 24.4 Å². The van der Waals surface area contributed by atoms with Crippen molar-refractivity contribution in [1.29, 1.82) is 0 Å². The van der Waals surface area contributed by atoms with Gasteiger partial charge < -0.3 is 11.1 Å². The molecule has 1 fully saturated rings. The first-order chi connectivity index (χ1) is 15.4. The summed E-state index contributed by atoms with van der Waals surface area (Å²) < 4.78 is 5.12. The summed E-state index contributed by atoms with van der Waals surface area (Å²) in [5, 5.41) is 4.31. The Bertz CT molecular complexity index is 1130. The second-order valence-corrected chi connectivity index (χ2v) is 9.37.